The van der Waals surface area contributed by atoms with Crippen LogP contribution in [0.15, 0.2) is 42.5 Å². The third-order valence-electron chi connectivity index (χ3n) is 4.21. The molecule has 0 amide bonds. The molecule has 2 heterocycles. The maximum atomic E-state index is 5.94. The Hall–Kier alpha value is -2.00. The SMILES string of the molecule is NN1CCc2cc(C3Cc4ccccc4N3)ccc21. The third kappa shape index (κ3) is 1.70. The summed E-state index contributed by atoms with van der Waals surface area (Å²) in [5.74, 6) is 5.94. The number of hydrogen-bond acceptors (Lipinski definition) is 3. The lowest BCUT2D eigenvalue weighted by Gasteiger charge is -2.15. The molecule has 0 aromatic heterocycles. The van der Waals surface area contributed by atoms with Crippen LogP contribution in [0.5, 0.6) is 0 Å². The van der Waals surface area contributed by atoms with Gasteiger partial charge in [0, 0.05) is 12.2 Å². The molecule has 2 aromatic rings. The van der Waals surface area contributed by atoms with Crippen LogP contribution in [0.3, 0.4) is 0 Å². The maximum absolute atomic E-state index is 5.94. The number of benzene rings is 2. The first kappa shape index (κ1) is 10.9. The summed E-state index contributed by atoms with van der Waals surface area (Å²) in [6, 6.07) is 15.6. The van der Waals surface area contributed by atoms with Gasteiger partial charge in [0.05, 0.1) is 11.7 Å². The molecule has 19 heavy (non-hydrogen) atoms. The first-order valence-corrected chi connectivity index (χ1v) is 6.81. The van der Waals surface area contributed by atoms with Crippen molar-refractivity contribution in [3.8, 4) is 0 Å². The van der Waals surface area contributed by atoms with Crippen LogP contribution in [0.1, 0.15) is 22.7 Å². The fourth-order valence-corrected chi connectivity index (χ4v) is 3.16. The highest BCUT2D eigenvalue weighted by Crippen LogP contribution is 2.36. The van der Waals surface area contributed by atoms with Crippen LogP contribution in [0, 0.1) is 0 Å². The molecule has 2 aliphatic heterocycles. The lowest BCUT2D eigenvalue weighted by molar-refractivity contribution is 0.822. The third-order valence-corrected chi connectivity index (χ3v) is 4.21. The van der Waals surface area contributed by atoms with Gasteiger partial charge >= 0.3 is 0 Å². The standard InChI is InChI=1S/C16H17N3/c17-19-8-7-13-9-12(5-6-16(13)19)15-10-11-3-1-2-4-14(11)18-15/h1-6,9,15,18H,7-8,10,17H2. The van der Waals surface area contributed by atoms with E-state index in [0.717, 1.165) is 19.4 Å². The predicted octanol–water partition coefficient (Wildman–Crippen LogP) is 2.63. The average molecular weight is 251 g/mol. The summed E-state index contributed by atoms with van der Waals surface area (Å²) in [5.41, 5.74) is 6.60. The minimum Gasteiger partial charge on any atom is -0.378 e. The molecule has 3 nitrogen and oxygen atoms in total. The van der Waals surface area contributed by atoms with Gasteiger partial charge in [0.1, 0.15) is 0 Å². The maximum Gasteiger partial charge on any atom is 0.0555 e. The van der Waals surface area contributed by atoms with Crippen molar-refractivity contribution in [3.63, 3.8) is 0 Å². The van der Waals surface area contributed by atoms with E-state index in [1.165, 1.54) is 28.1 Å². The Balaban J connectivity index is 1.65. The average Bonchev–Trinajstić information content (AvgIpc) is 3.02. The minimum absolute atomic E-state index is 0.398. The van der Waals surface area contributed by atoms with Crippen LogP contribution in [-0.2, 0) is 12.8 Å². The number of fused-ring (bicyclic) bond motifs is 2. The molecule has 2 aromatic carbocycles. The zero-order valence-corrected chi connectivity index (χ0v) is 10.8. The highest BCUT2D eigenvalue weighted by Gasteiger charge is 2.23. The summed E-state index contributed by atoms with van der Waals surface area (Å²) in [5, 5.41) is 5.45. The molecule has 3 N–H and O–H groups in total. The quantitative estimate of drug-likeness (QED) is 0.766. The number of nitrogens with zero attached hydrogens (tertiary/aromatic N) is 1. The number of anilines is 2. The molecule has 1 unspecified atom stereocenters. The molecule has 3 heteroatoms. The summed E-state index contributed by atoms with van der Waals surface area (Å²) >= 11 is 0. The van der Waals surface area contributed by atoms with Crippen LogP contribution in [-0.4, -0.2) is 6.54 Å². The summed E-state index contributed by atoms with van der Waals surface area (Å²) < 4.78 is 0. The fraction of sp³-hybridized carbons (Fsp3) is 0.250. The minimum atomic E-state index is 0.398. The van der Waals surface area contributed by atoms with Crippen LogP contribution >= 0.6 is 0 Å². The highest BCUT2D eigenvalue weighted by molar-refractivity contribution is 5.61. The zero-order valence-electron chi connectivity index (χ0n) is 10.8. The fourth-order valence-electron chi connectivity index (χ4n) is 3.16. The Labute approximate surface area is 113 Å². The highest BCUT2D eigenvalue weighted by atomic mass is 15.4. The van der Waals surface area contributed by atoms with Gasteiger partial charge < -0.3 is 10.3 Å². The second-order valence-electron chi connectivity index (χ2n) is 5.39. The first-order chi connectivity index (χ1) is 9.31. The van der Waals surface area contributed by atoms with E-state index < -0.39 is 0 Å². The lowest BCUT2D eigenvalue weighted by Crippen LogP contribution is -2.27. The van der Waals surface area contributed by atoms with E-state index in [4.69, 9.17) is 5.84 Å². The lowest BCUT2D eigenvalue weighted by atomic mass is 10.00. The Morgan fingerprint density at radius 2 is 2.00 bits per heavy atom. The van der Waals surface area contributed by atoms with Gasteiger partial charge in [-0.1, -0.05) is 30.3 Å². The zero-order chi connectivity index (χ0) is 12.8. The van der Waals surface area contributed by atoms with Crippen molar-refractivity contribution in [2.75, 3.05) is 16.9 Å². The van der Waals surface area contributed by atoms with E-state index in [1.54, 1.807) is 0 Å². The largest absolute Gasteiger partial charge is 0.378 e. The van der Waals surface area contributed by atoms with Crippen LogP contribution in [0.25, 0.3) is 0 Å². The van der Waals surface area contributed by atoms with Crippen LogP contribution < -0.4 is 16.2 Å². The van der Waals surface area contributed by atoms with Crippen molar-refractivity contribution >= 4 is 11.4 Å². The van der Waals surface area contributed by atoms with Gasteiger partial charge in [0.2, 0.25) is 0 Å². The molecule has 0 saturated carbocycles. The predicted molar refractivity (Wildman–Crippen MR) is 78.2 cm³/mol. The van der Waals surface area contributed by atoms with Crippen LogP contribution in [0.2, 0.25) is 0 Å². The molecule has 0 bridgehead atoms. The van der Waals surface area contributed by atoms with Crippen molar-refractivity contribution in [1.82, 2.24) is 0 Å². The molecule has 0 fully saturated rings. The number of nitrogens with one attached hydrogen (secondary N) is 1. The van der Waals surface area contributed by atoms with Crippen molar-refractivity contribution in [2.45, 2.75) is 18.9 Å². The van der Waals surface area contributed by atoms with E-state index >= 15 is 0 Å². The molecule has 2 aliphatic rings. The number of hydrazine groups is 1. The Bertz CT molecular complexity index is 611. The molecule has 0 saturated heterocycles. The molecule has 4 rings (SSSR count). The molecular formula is C16H17N3. The van der Waals surface area contributed by atoms with Crippen molar-refractivity contribution in [1.29, 1.82) is 0 Å². The Kier molecular flexibility index (Phi) is 2.29. The second-order valence-corrected chi connectivity index (χ2v) is 5.39. The van der Waals surface area contributed by atoms with Gasteiger partial charge in [0.15, 0.2) is 0 Å². The topological polar surface area (TPSA) is 41.3 Å². The van der Waals surface area contributed by atoms with Gasteiger partial charge in [-0.2, -0.15) is 0 Å². The smallest absolute Gasteiger partial charge is 0.0555 e. The summed E-state index contributed by atoms with van der Waals surface area (Å²) in [6.07, 6.45) is 2.13. The van der Waals surface area contributed by atoms with Gasteiger partial charge in [-0.15, -0.1) is 0 Å². The Morgan fingerprint density at radius 3 is 2.89 bits per heavy atom. The van der Waals surface area contributed by atoms with Crippen molar-refractivity contribution in [2.24, 2.45) is 5.84 Å². The second kappa shape index (κ2) is 4.00. The molecule has 1 atom stereocenters. The van der Waals surface area contributed by atoms with E-state index in [-0.39, 0.29) is 0 Å². The van der Waals surface area contributed by atoms with Gasteiger partial charge in [-0.05, 0) is 41.7 Å². The molecule has 0 aliphatic carbocycles. The first-order valence-electron chi connectivity index (χ1n) is 6.81. The number of rotatable bonds is 1. The Morgan fingerprint density at radius 1 is 1.11 bits per heavy atom. The molecular weight excluding hydrogens is 234 g/mol. The summed E-state index contributed by atoms with van der Waals surface area (Å²) in [4.78, 5) is 0. The van der Waals surface area contributed by atoms with Crippen LogP contribution in [0.4, 0.5) is 11.4 Å². The van der Waals surface area contributed by atoms with Gasteiger partial charge in [0.25, 0.3) is 0 Å². The van der Waals surface area contributed by atoms with E-state index in [2.05, 4.69) is 47.8 Å². The van der Waals surface area contributed by atoms with Crippen molar-refractivity contribution in [3.05, 3.63) is 59.2 Å². The normalized spacial score (nSPS) is 20.1. The van der Waals surface area contributed by atoms with E-state index in [1.807, 2.05) is 5.01 Å². The van der Waals surface area contributed by atoms with Crippen molar-refractivity contribution < 1.29 is 0 Å². The molecule has 0 radical (unpaired) electrons. The van der Waals surface area contributed by atoms with Gasteiger partial charge in [-0.25, -0.2) is 5.84 Å². The molecule has 96 valence electrons. The number of nitrogens with two attached hydrogens (primary N) is 1. The monoisotopic (exact) mass is 251 g/mol. The van der Waals surface area contributed by atoms with E-state index in [9.17, 15) is 0 Å². The van der Waals surface area contributed by atoms with E-state index in [0.29, 0.717) is 6.04 Å². The summed E-state index contributed by atoms with van der Waals surface area (Å²) in [7, 11) is 0. The number of hydrogen-bond donors (Lipinski definition) is 2. The van der Waals surface area contributed by atoms with Gasteiger partial charge in [-0.3, -0.25) is 0 Å². The number of para-hydroxylation sites is 1. The summed E-state index contributed by atoms with van der Waals surface area (Å²) in [6.45, 7) is 0.928. The molecule has 0 spiro atoms.